The van der Waals surface area contributed by atoms with Crippen LogP contribution in [0, 0.1) is 17.3 Å². The summed E-state index contributed by atoms with van der Waals surface area (Å²) >= 11 is 0.982. The van der Waals surface area contributed by atoms with Gasteiger partial charge in [0.15, 0.2) is 0 Å². The Morgan fingerprint density at radius 2 is 1.68 bits per heavy atom. The molecule has 0 aliphatic carbocycles. The molecule has 0 bridgehead atoms. The van der Waals surface area contributed by atoms with Gasteiger partial charge in [-0.05, 0) is 71.5 Å². The van der Waals surface area contributed by atoms with Crippen LogP contribution < -0.4 is 10.6 Å². The lowest BCUT2D eigenvalue weighted by Crippen LogP contribution is -2.58. The number of ether oxygens (including phenoxy) is 2. The van der Waals surface area contributed by atoms with Crippen LogP contribution in [0.25, 0.3) is 10.1 Å². The molecular formula is C55H64F2N5O11PS. The van der Waals surface area contributed by atoms with Crippen LogP contribution in [0.4, 0.5) is 8.78 Å². The number of unbranched alkanes of at least 4 members (excludes halogenated alkanes) is 7. The molecule has 3 fully saturated rings. The molecule has 5 heterocycles. The van der Waals surface area contributed by atoms with Crippen LogP contribution in [-0.4, -0.2) is 117 Å². The zero-order valence-electron chi connectivity index (χ0n) is 42.4. The minimum absolute atomic E-state index is 0.0967. The van der Waals surface area contributed by atoms with Crippen LogP contribution in [0.1, 0.15) is 140 Å². The van der Waals surface area contributed by atoms with E-state index in [1.165, 1.54) is 21.9 Å². The second kappa shape index (κ2) is 23.6. The predicted octanol–water partition coefficient (Wildman–Crippen LogP) is 7.79. The molecule has 4 N–H and O–H groups in total. The highest BCUT2D eigenvalue weighted by atomic mass is 32.1. The number of piperidine rings is 1. The number of morpholine rings is 1. The van der Waals surface area contributed by atoms with Gasteiger partial charge in [-0.25, -0.2) is 0 Å². The van der Waals surface area contributed by atoms with Crippen molar-refractivity contribution in [1.82, 2.24) is 25.3 Å². The van der Waals surface area contributed by atoms with Crippen molar-refractivity contribution < 1.29 is 61.4 Å². The van der Waals surface area contributed by atoms with Crippen LogP contribution in [0.3, 0.4) is 0 Å². The smallest absolute Gasteiger partial charge is 0.376 e. The van der Waals surface area contributed by atoms with Crippen molar-refractivity contribution in [1.29, 1.82) is 0 Å². The molecule has 4 aromatic rings. The van der Waals surface area contributed by atoms with Crippen LogP contribution in [0.15, 0.2) is 72.8 Å². The molecule has 8 rings (SSSR count). The predicted molar refractivity (Wildman–Crippen MR) is 276 cm³/mol. The molecule has 0 saturated carbocycles. The lowest BCUT2D eigenvalue weighted by Gasteiger charge is -2.38. The monoisotopic (exact) mass is 1070 g/mol. The molecule has 6 amide bonds. The summed E-state index contributed by atoms with van der Waals surface area (Å²) in [6.45, 7) is 7.16. The summed E-state index contributed by atoms with van der Waals surface area (Å²) in [5.74, 6) is 4.15. The fourth-order valence-corrected chi connectivity index (χ4v) is 11.6. The van der Waals surface area contributed by atoms with Crippen molar-refractivity contribution >= 4 is 64.5 Å². The average molecular weight is 1070 g/mol. The number of carbonyl (C=O) groups excluding carboxylic acids is 6. The summed E-state index contributed by atoms with van der Waals surface area (Å²) < 4.78 is 53.6. The van der Waals surface area contributed by atoms with Crippen molar-refractivity contribution in [3.8, 4) is 11.8 Å². The van der Waals surface area contributed by atoms with Crippen molar-refractivity contribution in [3.63, 3.8) is 0 Å². The van der Waals surface area contributed by atoms with Crippen molar-refractivity contribution in [2.75, 3.05) is 32.8 Å². The average Bonchev–Trinajstić information content (AvgIpc) is 4.11. The number of hydrogen-bond acceptors (Lipinski definition) is 10. The Bertz CT molecular complexity index is 2910. The van der Waals surface area contributed by atoms with E-state index >= 15 is 0 Å². The molecule has 1 aromatic heterocycles. The van der Waals surface area contributed by atoms with Crippen LogP contribution in [0.5, 0.6) is 0 Å². The highest BCUT2D eigenvalue weighted by Gasteiger charge is 2.51. The molecular weight excluding hydrogens is 1010 g/mol. The summed E-state index contributed by atoms with van der Waals surface area (Å²) in [4.78, 5) is 104. The van der Waals surface area contributed by atoms with E-state index in [-0.39, 0.29) is 60.0 Å². The summed E-state index contributed by atoms with van der Waals surface area (Å²) in [5, 5.41) is 5.38. The summed E-state index contributed by atoms with van der Waals surface area (Å²) in [6, 6.07) is 16.9. The number of thiophene rings is 1. The number of imide groups is 1. The molecule has 0 radical (unpaired) electrons. The number of alkyl halides is 2. The van der Waals surface area contributed by atoms with E-state index in [2.05, 4.69) is 22.5 Å². The third-order valence-corrected chi connectivity index (χ3v) is 16.4. The highest BCUT2D eigenvalue weighted by Crippen LogP contribution is 2.59. The minimum atomic E-state index is -5.83. The lowest BCUT2D eigenvalue weighted by molar-refractivity contribution is -0.150. The molecule has 400 valence electrons. The van der Waals surface area contributed by atoms with E-state index in [0.717, 1.165) is 85.1 Å². The number of hydrogen-bond donors (Lipinski definition) is 4. The van der Waals surface area contributed by atoms with Gasteiger partial charge in [0.05, 0.1) is 24.1 Å². The zero-order valence-corrected chi connectivity index (χ0v) is 44.1. The van der Waals surface area contributed by atoms with E-state index in [1.807, 2.05) is 36.4 Å². The SMILES string of the molecule is CC(C)(C)C(NC(=O)c1cc2cc(C(F)(F)P(=O)(O)O)ccc2s1)C(=O)N1C[C@@H](OCCCCCCCCCC#Cc2cccc3c2CN(C2CCC(=O)NC2=O)C3=O)C[C@H]1C(=O)N1CCO[C@H](c2ccccc2)C1. The first-order valence-corrected chi connectivity index (χ1v) is 28.1. The van der Waals surface area contributed by atoms with E-state index < -0.39 is 66.2 Å². The van der Waals surface area contributed by atoms with E-state index in [9.17, 15) is 51.9 Å². The lowest BCUT2D eigenvalue weighted by atomic mass is 9.85. The first-order valence-electron chi connectivity index (χ1n) is 25.6. The molecule has 20 heteroatoms. The number of carbonyl (C=O) groups is 6. The van der Waals surface area contributed by atoms with E-state index in [1.54, 1.807) is 37.8 Å². The molecule has 4 aliphatic rings. The van der Waals surface area contributed by atoms with E-state index in [4.69, 9.17) is 9.47 Å². The number of nitrogens with zero attached hydrogens (tertiary/aromatic N) is 3. The third kappa shape index (κ3) is 12.9. The van der Waals surface area contributed by atoms with Gasteiger partial charge in [0.2, 0.25) is 23.6 Å². The van der Waals surface area contributed by atoms with Crippen molar-refractivity contribution in [3.05, 3.63) is 105 Å². The molecule has 16 nitrogen and oxygen atoms in total. The van der Waals surface area contributed by atoms with Gasteiger partial charge in [0, 0.05) is 66.9 Å². The van der Waals surface area contributed by atoms with Crippen LogP contribution in [-0.2, 0) is 45.4 Å². The van der Waals surface area contributed by atoms with Crippen molar-refractivity contribution in [2.45, 2.75) is 134 Å². The number of amides is 6. The number of halogens is 2. The molecule has 4 aliphatic heterocycles. The van der Waals surface area contributed by atoms with Gasteiger partial charge in [-0.2, -0.15) is 8.78 Å². The summed E-state index contributed by atoms with van der Waals surface area (Å²) in [5.41, 5.74) is -3.12. The molecule has 2 unspecified atom stereocenters. The Morgan fingerprint density at radius 1 is 0.947 bits per heavy atom. The van der Waals surface area contributed by atoms with Gasteiger partial charge in [-0.15, -0.1) is 11.3 Å². The number of likely N-dealkylation sites (tertiary alicyclic amines) is 1. The number of rotatable bonds is 18. The molecule has 5 atom stereocenters. The normalized spacial score (nSPS) is 20.7. The Kier molecular flexibility index (Phi) is 17.4. The molecule has 75 heavy (non-hydrogen) atoms. The van der Waals surface area contributed by atoms with Gasteiger partial charge in [0.25, 0.3) is 11.8 Å². The number of benzene rings is 3. The number of nitrogens with one attached hydrogen (secondary N) is 2. The maximum Gasteiger partial charge on any atom is 0.399 e. The Morgan fingerprint density at radius 3 is 2.40 bits per heavy atom. The van der Waals surface area contributed by atoms with Crippen LogP contribution in [0.2, 0.25) is 0 Å². The first kappa shape index (κ1) is 55.4. The van der Waals surface area contributed by atoms with Gasteiger partial charge in [0.1, 0.15) is 24.2 Å². The minimum Gasteiger partial charge on any atom is -0.376 e. The Balaban J connectivity index is 0.836. The topological polar surface area (TPSA) is 212 Å². The van der Waals surface area contributed by atoms with Crippen LogP contribution >= 0.6 is 18.9 Å². The molecule has 0 spiro atoms. The fourth-order valence-electron chi connectivity index (χ4n) is 10.2. The van der Waals surface area contributed by atoms with Gasteiger partial charge in [-0.3, -0.25) is 38.6 Å². The highest BCUT2D eigenvalue weighted by molar-refractivity contribution is 7.52. The zero-order chi connectivity index (χ0) is 53.7. The van der Waals surface area contributed by atoms with E-state index in [0.29, 0.717) is 49.4 Å². The maximum atomic E-state index is 14.8. The summed E-state index contributed by atoms with van der Waals surface area (Å²) in [7, 11) is -5.83. The second-order valence-electron chi connectivity index (χ2n) is 20.8. The third-order valence-electron chi connectivity index (χ3n) is 14.3. The molecule has 3 aromatic carbocycles. The maximum absolute atomic E-state index is 14.8. The first-order chi connectivity index (χ1) is 35.7. The number of fused-ring (bicyclic) bond motifs is 2. The fraction of sp³-hybridized carbons (Fsp3) is 0.491. The van der Waals surface area contributed by atoms with Gasteiger partial charge < -0.3 is 39.3 Å². The largest absolute Gasteiger partial charge is 0.399 e. The second-order valence-corrected chi connectivity index (χ2v) is 23.5. The van der Waals surface area contributed by atoms with Gasteiger partial charge >= 0.3 is 13.3 Å². The Hall–Kier alpha value is -5.87. The Labute approximate surface area is 439 Å². The quantitative estimate of drug-likeness (QED) is 0.0327. The van der Waals surface area contributed by atoms with Crippen molar-refractivity contribution in [2.24, 2.45) is 5.41 Å². The molecule has 3 saturated heterocycles. The standard InChI is InChI=1S/C55H64F2N5O11PS/c1-54(2,3)48(59-50(65)46-30-37-29-38(22-24-45(37)75-46)55(56,57)74(69,70)71)53(68)61-32-39(31-43(61)52(67)60-26-28-73-44(34-60)36-18-13-11-14-19-36)72-27-15-10-8-6-4-5-7-9-12-17-35-20-16-21-40-41(35)33-62(51(40)66)42-23-25-47(63)58-49(42)64/h11,13-14,16,18-22,24,29-30,39,42-44,48H,4-10,15,23,25-28,31-34H2,1-3H3,(H,59,65)(H,58,63,64)(H2,69,70,71)/t39-,42?,43-,44-,48?/m0/s1. The van der Waals surface area contributed by atoms with Gasteiger partial charge in [-0.1, -0.05) is 107 Å². The summed E-state index contributed by atoms with van der Waals surface area (Å²) in [6.07, 6.45) is 7.43.